The van der Waals surface area contributed by atoms with Crippen molar-refractivity contribution in [1.29, 1.82) is 10.8 Å². The minimum absolute atomic E-state index is 0.0543. The van der Waals surface area contributed by atoms with Gasteiger partial charge in [-0.3, -0.25) is 0 Å². The van der Waals surface area contributed by atoms with E-state index in [0.717, 1.165) is 38.5 Å². The van der Waals surface area contributed by atoms with E-state index in [1.807, 2.05) is 0 Å². The second-order valence-electron chi connectivity index (χ2n) is 8.32. The van der Waals surface area contributed by atoms with Gasteiger partial charge in [0.1, 0.15) is 5.82 Å². The molecule has 1 aromatic heterocycles. The van der Waals surface area contributed by atoms with E-state index < -0.39 is 18.1 Å². The van der Waals surface area contributed by atoms with Gasteiger partial charge in [0.05, 0.1) is 14.2 Å². The molecule has 1 aliphatic rings. The molecule has 1 fully saturated rings. The molecule has 1 aromatic carbocycles. The lowest BCUT2D eigenvalue weighted by atomic mass is 9.98. The third kappa shape index (κ3) is 5.94. The summed E-state index contributed by atoms with van der Waals surface area (Å²) in [6.07, 6.45) is 6.10. The highest BCUT2D eigenvalue weighted by molar-refractivity contribution is 6.10. The fraction of sp³-hybridized carbons (Fsp3) is 0.400. The molecule has 8 nitrogen and oxygen atoms in total. The topological polar surface area (TPSA) is 120 Å². The average Bonchev–Trinajstić information content (AvgIpc) is 2.88. The van der Waals surface area contributed by atoms with Gasteiger partial charge in [-0.15, -0.1) is 0 Å². The summed E-state index contributed by atoms with van der Waals surface area (Å²) in [5.74, 6) is -2.13. The third-order valence-electron chi connectivity index (χ3n) is 6.26. The second-order valence-corrected chi connectivity index (χ2v) is 8.32. The molecule has 0 unspecified atom stereocenters. The Bertz CT molecular complexity index is 1090. The number of nitrogens with zero attached hydrogens (tertiary/aromatic N) is 2. The molecule has 0 saturated carbocycles. The largest absolute Gasteiger partial charge is 0.494 e. The van der Waals surface area contributed by atoms with Crippen LogP contribution in [0.2, 0.25) is 0 Å². The first kappa shape index (κ1) is 26.1. The van der Waals surface area contributed by atoms with Crippen molar-refractivity contribution in [1.82, 2.24) is 15.2 Å². The molecule has 2 heterocycles. The van der Waals surface area contributed by atoms with E-state index in [2.05, 4.69) is 22.1 Å². The van der Waals surface area contributed by atoms with Crippen LogP contribution in [0.15, 0.2) is 24.5 Å². The number of piperidine rings is 1. The number of aromatic nitrogens is 1. The van der Waals surface area contributed by atoms with Gasteiger partial charge < -0.3 is 36.2 Å². The van der Waals surface area contributed by atoms with Crippen molar-refractivity contribution >= 4 is 23.3 Å². The molecule has 188 valence electrons. The normalized spacial score (nSPS) is 15.1. The Hall–Kier alpha value is -3.53. The quantitative estimate of drug-likeness (QED) is 0.381. The summed E-state index contributed by atoms with van der Waals surface area (Å²) >= 11 is 0. The van der Waals surface area contributed by atoms with E-state index in [-0.39, 0.29) is 34.2 Å². The fourth-order valence-electron chi connectivity index (χ4n) is 4.07. The number of hydrogen-bond acceptors (Lipinski definition) is 8. The molecule has 10 heteroatoms. The predicted octanol–water partition coefficient (Wildman–Crippen LogP) is 3.63. The molecule has 0 radical (unpaired) electrons. The fourth-order valence-corrected chi connectivity index (χ4v) is 4.07. The number of benzene rings is 1. The van der Waals surface area contributed by atoms with Gasteiger partial charge in [0.15, 0.2) is 23.1 Å². The minimum Gasteiger partial charge on any atom is -0.494 e. The average molecular weight is 487 g/mol. The highest BCUT2D eigenvalue weighted by Crippen LogP contribution is 2.32. The minimum atomic E-state index is -0.906. The molecular weight excluding hydrogens is 454 g/mol. The molecule has 5 N–H and O–H groups in total. The highest BCUT2D eigenvalue weighted by atomic mass is 19.1. The Labute approximate surface area is 204 Å². The first-order valence-corrected chi connectivity index (χ1v) is 11.4. The van der Waals surface area contributed by atoms with Crippen molar-refractivity contribution in [2.45, 2.75) is 32.2 Å². The SMILES string of the molecule is CCN1CCC(N/C=C(\C=N)c2cnc(N)c(C(=N)Cc3c(F)c(OC)cc(OC)c3F)c2)CC1. The molecule has 2 aromatic rings. The summed E-state index contributed by atoms with van der Waals surface area (Å²) in [7, 11) is 2.53. The number of ether oxygens (including phenoxy) is 2. The molecule has 35 heavy (non-hydrogen) atoms. The number of nitrogens with one attached hydrogen (secondary N) is 3. The number of halogens is 2. The summed E-state index contributed by atoms with van der Waals surface area (Å²) in [5, 5.41) is 19.8. The Morgan fingerprint density at radius 1 is 1.20 bits per heavy atom. The maximum Gasteiger partial charge on any atom is 0.171 e. The predicted molar refractivity (Wildman–Crippen MR) is 134 cm³/mol. The lowest BCUT2D eigenvalue weighted by Crippen LogP contribution is -2.40. The van der Waals surface area contributed by atoms with Crippen LogP contribution in [-0.4, -0.2) is 61.7 Å². The van der Waals surface area contributed by atoms with Gasteiger partial charge in [0.25, 0.3) is 0 Å². The number of nitrogen functional groups attached to an aromatic ring is 1. The van der Waals surface area contributed by atoms with Crippen LogP contribution >= 0.6 is 0 Å². The zero-order chi connectivity index (χ0) is 25.5. The van der Waals surface area contributed by atoms with E-state index >= 15 is 0 Å². The van der Waals surface area contributed by atoms with Gasteiger partial charge in [-0.25, -0.2) is 13.8 Å². The van der Waals surface area contributed by atoms with Crippen LogP contribution < -0.4 is 20.5 Å². The molecule has 0 amide bonds. The Morgan fingerprint density at radius 3 is 2.37 bits per heavy atom. The zero-order valence-electron chi connectivity index (χ0n) is 20.3. The van der Waals surface area contributed by atoms with Gasteiger partial charge in [-0.05, 0) is 25.5 Å². The summed E-state index contributed by atoms with van der Waals surface area (Å²) in [4.78, 5) is 6.55. The molecule has 1 aliphatic heterocycles. The summed E-state index contributed by atoms with van der Waals surface area (Å²) in [5.41, 5.74) is 6.87. The van der Waals surface area contributed by atoms with Gasteiger partial charge in [-0.1, -0.05) is 6.92 Å². The number of anilines is 1. The molecule has 0 bridgehead atoms. The van der Waals surface area contributed by atoms with Crippen molar-refractivity contribution < 1.29 is 18.3 Å². The van der Waals surface area contributed by atoms with Crippen LogP contribution in [0, 0.1) is 22.5 Å². The molecule has 0 atom stereocenters. The maximum atomic E-state index is 14.8. The number of hydrogen-bond donors (Lipinski definition) is 4. The van der Waals surface area contributed by atoms with Crippen LogP contribution in [0.5, 0.6) is 11.5 Å². The van der Waals surface area contributed by atoms with Gasteiger partial charge in [-0.2, -0.15) is 0 Å². The van der Waals surface area contributed by atoms with E-state index in [0.29, 0.717) is 17.2 Å². The monoisotopic (exact) mass is 486 g/mol. The number of methoxy groups -OCH3 is 2. The Balaban J connectivity index is 1.84. The summed E-state index contributed by atoms with van der Waals surface area (Å²) < 4.78 is 39.6. The number of pyridine rings is 1. The van der Waals surface area contributed by atoms with Crippen molar-refractivity contribution in [3.63, 3.8) is 0 Å². The Morgan fingerprint density at radius 2 is 1.83 bits per heavy atom. The Kier molecular flexibility index (Phi) is 8.75. The van der Waals surface area contributed by atoms with Crippen molar-refractivity contribution in [3.8, 4) is 11.5 Å². The summed E-state index contributed by atoms with van der Waals surface area (Å²) in [6.45, 7) is 5.23. The van der Waals surface area contributed by atoms with Gasteiger partial charge >= 0.3 is 0 Å². The lowest BCUT2D eigenvalue weighted by molar-refractivity contribution is 0.213. The lowest BCUT2D eigenvalue weighted by Gasteiger charge is -2.31. The van der Waals surface area contributed by atoms with Crippen molar-refractivity contribution in [2.24, 2.45) is 0 Å². The van der Waals surface area contributed by atoms with E-state index in [9.17, 15) is 8.78 Å². The molecule has 0 spiro atoms. The zero-order valence-corrected chi connectivity index (χ0v) is 20.3. The van der Waals surface area contributed by atoms with Crippen LogP contribution in [0.25, 0.3) is 5.57 Å². The molecule has 1 saturated heterocycles. The maximum absolute atomic E-state index is 14.8. The van der Waals surface area contributed by atoms with E-state index in [4.69, 9.17) is 26.0 Å². The van der Waals surface area contributed by atoms with Crippen LogP contribution in [0.1, 0.15) is 36.5 Å². The van der Waals surface area contributed by atoms with Crippen LogP contribution in [0.4, 0.5) is 14.6 Å². The third-order valence-corrected chi connectivity index (χ3v) is 6.26. The van der Waals surface area contributed by atoms with Gasteiger partial charge in [0, 0.05) is 78.2 Å². The highest BCUT2D eigenvalue weighted by Gasteiger charge is 2.23. The number of likely N-dealkylation sites (tertiary alicyclic amines) is 1. The molecule has 0 aliphatic carbocycles. The van der Waals surface area contributed by atoms with Crippen LogP contribution in [0.3, 0.4) is 0 Å². The van der Waals surface area contributed by atoms with Crippen molar-refractivity contribution in [2.75, 3.05) is 39.6 Å². The summed E-state index contributed by atoms with van der Waals surface area (Å²) in [6, 6.07) is 3.03. The standard InChI is InChI=1S/C25H32F2N6O2/c1-4-33-7-5-17(6-8-33)31-14-16(12-28)15-9-18(25(30)32-13-15)20(29)10-19-23(26)21(34-2)11-22(35-3)24(19)27/h9,11-14,17,28-29,31H,4-8,10H2,1-3H3,(H2,30,32)/b16-14+,28-12?,29-20?. The van der Waals surface area contributed by atoms with E-state index in [1.165, 1.54) is 26.6 Å². The smallest absolute Gasteiger partial charge is 0.171 e. The molecular formula is C25H32F2N6O2. The second kappa shape index (κ2) is 11.7. The number of nitrogens with two attached hydrogens (primary N) is 1. The first-order chi connectivity index (χ1) is 16.8. The first-order valence-electron chi connectivity index (χ1n) is 11.4. The van der Waals surface area contributed by atoms with Gasteiger partial charge in [0.2, 0.25) is 0 Å². The molecule has 3 rings (SSSR count). The van der Waals surface area contributed by atoms with Crippen LogP contribution in [-0.2, 0) is 6.42 Å². The number of allylic oxidation sites excluding steroid dienone is 1. The van der Waals surface area contributed by atoms with Crippen molar-refractivity contribution in [3.05, 3.63) is 52.9 Å². The number of rotatable bonds is 10. The van der Waals surface area contributed by atoms with E-state index in [1.54, 1.807) is 12.3 Å².